The minimum absolute atomic E-state index is 0.0562. The van der Waals surface area contributed by atoms with Crippen molar-refractivity contribution in [3.8, 4) is 0 Å². The van der Waals surface area contributed by atoms with Gasteiger partial charge in [0.1, 0.15) is 6.54 Å². The normalized spacial score (nSPS) is 9.94. The fourth-order valence-corrected chi connectivity index (χ4v) is 1.47. The van der Waals surface area contributed by atoms with E-state index in [1.165, 1.54) is 7.11 Å². The Kier molecular flexibility index (Phi) is 8.58. The molecule has 0 aromatic carbocycles. The maximum Gasteiger partial charge on any atom is 0.325 e. The summed E-state index contributed by atoms with van der Waals surface area (Å²) in [5.74, 6) is -0.294. The molecule has 0 bridgehead atoms. The molecular formula is C12H23NO3. The molecule has 0 unspecified atom stereocenters. The molecule has 0 aliphatic rings. The lowest BCUT2D eigenvalue weighted by Gasteiger charge is -2.20. The van der Waals surface area contributed by atoms with Gasteiger partial charge in [0, 0.05) is 13.0 Å². The maximum atomic E-state index is 11.8. The number of ether oxygens (including phenoxy) is 1. The van der Waals surface area contributed by atoms with Crippen LogP contribution in [0, 0.1) is 0 Å². The second kappa shape index (κ2) is 9.19. The fraction of sp³-hybridized carbons (Fsp3) is 0.833. The van der Waals surface area contributed by atoms with Gasteiger partial charge in [-0.05, 0) is 12.8 Å². The van der Waals surface area contributed by atoms with E-state index >= 15 is 0 Å². The summed E-state index contributed by atoms with van der Waals surface area (Å²) in [5, 5.41) is 0. The number of hydrogen-bond donors (Lipinski definition) is 0. The highest BCUT2D eigenvalue weighted by atomic mass is 16.5. The van der Waals surface area contributed by atoms with Gasteiger partial charge in [-0.25, -0.2) is 0 Å². The van der Waals surface area contributed by atoms with Gasteiger partial charge in [0.15, 0.2) is 0 Å². The molecule has 0 aliphatic carbocycles. The van der Waals surface area contributed by atoms with Crippen molar-refractivity contribution in [1.82, 2.24) is 4.90 Å². The minimum atomic E-state index is -0.350. The average molecular weight is 229 g/mol. The van der Waals surface area contributed by atoms with E-state index < -0.39 is 0 Å². The van der Waals surface area contributed by atoms with Crippen LogP contribution in [0.1, 0.15) is 46.0 Å². The molecule has 0 aromatic heterocycles. The topological polar surface area (TPSA) is 46.6 Å². The molecule has 0 radical (unpaired) electrons. The second-order valence-electron chi connectivity index (χ2n) is 3.85. The molecule has 4 heteroatoms. The SMILES string of the molecule is CCCCCC(=O)N(CCC)CC(=O)OC. The molecule has 4 nitrogen and oxygen atoms in total. The largest absolute Gasteiger partial charge is 0.468 e. The quantitative estimate of drug-likeness (QED) is 0.472. The van der Waals surface area contributed by atoms with Gasteiger partial charge in [-0.1, -0.05) is 26.7 Å². The van der Waals surface area contributed by atoms with Crippen LogP contribution in [0.3, 0.4) is 0 Å². The van der Waals surface area contributed by atoms with Crippen LogP contribution in [0.25, 0.3) is 0 Å². The summed E-state index contributed by atoms with van der Waals surface area (Å²) in [6, 6.07) is 0. The number of carbonyl (C=O) groups excluding carboxylic acids is 2. The van der Waals surface area contributed by atoms with Crippen molar-refractivity contribution in [3.63, 3.8) is 0 Å². The van der Waals surface area contributed by atoms with Crippen molar-refractivity contribution < 1.29 is 14.3 Å². The molecule has 0 aliphatic heterocycles. The van der Waals surface area contributed by atoms with Crippen LogP contribution in [-0.4, -0.2) is 37.0 Å². The molecule has 0 fully saturated rings. The Morgan fingerprint density at radius 2 is 1.81 bits per heavy atom. The third-order valence-corrected chi connectivity index (χ3v) is 2.39. The van der Waals surface area contributed by atoms with Gasteiger partial charge in [-0.15, -0.1) is 0 Å². The van der Waals surface area contributed by atoms with Gasteiger partial charge >= 0.3 is 5.97 Å². The van der Waals surface area contributed by atoms with Crippen LogP contribution in [0.15, 0.2) is 0 Å². The van der Waals surface area contributed by atoms with Crippen molar-refractivity contribution in [2.24, 2.45) is 0 Å². The number of nitrogens with zero attached hydrogens (tertiary/aromatic N) is 1. The van der Waals surface area contributed by atoms with Crippen LogP contribution in [-0.2, 0) is 14.3 Å². The first kappa shape index (κ1) is 14.9. The standard InChI is InChI=1S/C12H23NO3/c1-4-6-7-8-11(14)13(9-5-2)10-12(15)16-3/h4-10H2,1-3H3. The lowest BCUT2D eigenvalue weighted by Crippen LogP contribution is -2.36. The summed E-state index contributed by atoms with van der Waals surface area (Å²) >= 11 is 0. The maximum absolute atomic E-state index is 11.8. The van der Waals surface area contributed by atoms with Crippen LogP contribution in [0.2, 0.25) is 0 Å². The summed E-state index contributed by atoms with van der Waals surface area (Å²) in [5.41, 5.74) is 0. The van der Waals surface area contributed by atoms with Crippen LogP contribution in [0.4, 0.5) is 0 Å². The lowest BCUT2D eigenvalue weighted by atomic mass is 10.2. The average Bonchev–Trinajstić information content (AvgIpc) is 2.28. The molecule has 94 valence electrons. The first-order valence-electron chi connectivity index (χ1n) is 6.00. The van der Waals surface area contributed by atoms with E-state index in [2.05, 4.69) is 11.7 Å². The van der Waals surface area contributed by atoms with Gasteiger partial charge in [-0.2, -0.15) is 0 Å². The minimum Gasteiger partial charge on any atom is -0.468 e. The monoisotopic (exact) mass is 229 g/mol. The Morgan fingerprint density at radius 3 is 2.31 bits per heavy atom. The number of methoxy groups -OCH3 is 1. The van der Waals surface area contributed by atoms with E-state index in [-0.39, 0.29) is 18.4 Å². The molecule has 0 N–H and O–H groups in total. The molecule has 0 atom stereocenters. The predicted molar refractivity (Wildman–Crippen MR) is 63.0 cm³/mol. The molecular weight excluding hydrogens is 206 g/mol. The van der Waals surface area contributed by atoms with E-state index in [1.807, 2.05) is 6.92 Å². The van der Waals surface area contributed by atoms with Gasteiger partial charge in [0.2, 0.25) is 5.91 Å². The summed E-state index contributed by atoms with van der Waals surface area (Å²) in [7, 11) is 1.34. The summed E-state index contributed by atoms with van der Waals surface area (Å²) in [6.45, 7) is 4.79. The molecule has 1 amide bonds. The van der Waals surface area contributed by atoms with Gasteiger partial charge in [-0.3, -0.25) is 9.59 Å². The summed E-state index contributed by atoms with van der Waals surface area (Å²) in [6.07, 6.45) is 4.44. The Bertz CT molecular complexity index is 216. The molecule has 0 saturated carbocycles. The zero-order valence-electron chi connectivity index (χ0n) is 10.6. The van der Waals surface area contributed by atoms with Crippen molar-refractivity contribution >= 4 is 11.9 Å². The van der Waals surface area contributed by atoms with Crippen molar-refractivity contribution in [2.75, 3.05) is 20.2 Å². The first-order valence-corrected chi connectivity index (χ1v) is 6.00. The predicted octanol–water partition coefficient (Wildman–Crippen LogP) is 1.98. The molecule has 0 rings (SSSR count). The van der Waals surface area contributed by atoms with E-state index in [0.29, 0.717) is 13.0 Å². The summed E-state index contributed by atoms with van der Waals surface area (Å²) in [4.78, 5) is 24.5. The van der Waals surface area contributed by atoms with Crippen molar-refractivity contribution in [2.45, 2.75) is 46.0 Å². The fourth-order valence-electron chi connectivity index (χ4n) is 1.47. The highest BCUT2D eigenvalue weighted by Crippen LogP contribution is 2.04. The number of carbonyl (C=O) groups is 2. The van der Waals surface area contributed by atoms with Crippen LogP contribution < -0.4 is 0 Å². The lowest BCUT2D eigenvalue weighted by molar-refractivity contribution is -0.147. The second-order valence-corrected chi connectivity index (χ2v) is 3.85. The number of amides is 1. The number of rotatable bonds is 8. The molecule has 0 aromatic rings. The zero-order valence-corrected chi connectivity index (χ0v) is 10.6. The smallest absolute Gasteiger partial charge is 0.325 e. The number of unbranched alkanes of at least 4 members (excludes halogenated alkanes) is 2. The van der Waals surface area contributed by atoms with Crippen LogP contribution in [0.5, 0.6) is 0 Å². The zero-order chi connectivity index (χ0) is 12.4. The third-order valence-electron chi connectivity index (χ3n) is 2.39. The van der Waals surface area contributed by atoms with Crippen molar-refractivity contribution in [3.05, 3.63) is 0 Å². The van der Waals surface area contributed by atoms with Gasteiger partial charge < -0.3 is 9.64 Å². The highest BCUT2D eigenvalue weighted by Gasteiger charge is 2.15. The van der Waals surface area contributed by atoms with Crippen molar-refractivity contribution in [1.29, 1.82) is 0 Å². The molecule has 0 spiro atoms. The highest BCUT2D eigenvalue weighted by molar-refractivity contribution is 5.81. The number of hydrogen-bond acceptors (Lipinski definition) is 3. The Labute approximate surface area is 98.0 Å². The molecule has 0 saturated heterocycles. The number of esters is 1. The van der Waals surface area contributed by atoms with E-state index in [1.54, 1.807) is 4.90 Å². The first-order chi connectivity index (χ1) is 7.65. The molecule has 16 heavy (non-hydrogen) atoms. The Balaban J connectivity index is 4.07. The van der Waals surface area contributed by atoms with Crippen LogP contribution >= 0.6 is 0 Å². The Hall–Kier alpha value is -1.06. The third kappa shape index (κ3) is 6.43. The summed E-state index contributed by atoms with van der Waals surface area (Å²) < 4.78 is 4.57. The van der Waals surface area contributed by atoms with Gasteiger partial charge in [0.25, 0.3) is 0 Å². The van der Waals surface area contributed by atoms with E-state index in [4.69, 9.17) is 0 Å². The van der Waals surface area contributed by atoms with E-state index in [0.717, 1.165) is 25.7 Å². The molecule has 0 heterocycles. The Morgan fingerprint density at radius 1 is 1.12 bits per heavy atom. The van der Waals surface area contributed by atoms with Gasteiger partial charge in [0.05, 0.1) is 7.11 Å². The van der Waals surface area contributed by atoms with E-state index in [9.17, 15) is 9.59 Å².